The van der Waals surface area contributed by atoms with Crippen LogP contribution < -0.4 is 0 Å². The molecule has 0 unspecified atom stereocenters. The summed E-state index contributed by atoms with van der Waals surface area (Å²) in [6, 6.07) is 0. The van der Waals surface area contributed by atoms with Crippen molar-refractivity contribution < 1.29 is 19.8 Å². The maximum atomic E-state index is 10.2. The minimum absolute atomic E-state index is 0.343. The van der Waals surface area contributed by atoms with Crippen LogP contribution in [0.25, 0.3) is 0 Å². The number of hydrogen-bond acceptors (Lipinski definition) is 2. The lowest BCUT2D eigenvalue weighted by Gasteiger charge is -2.00. The Morgan fingerprint density at radius 2 is 0.409 bits per heavy atom. The van der Waals surface area contributed by atoms with Crippen molar-refractivity contribution in [1.82, 2.24) is 0 Å². The molecule has 2 N–H and O–H groups in total. The molecule has 0 fully saturated rings. The summed E-state index contributed by atoms with van der Waals surface area (Å²) in [6.07, 6.45) is 39.9. The zero-order valence-electron chi connectivity index (χ0n) is 31.3. The third kappa shape index (κ3) is 68.2. The van der Waals surface area contributed by atoms with Gasteiger partial charge in [0.15, 0.2) is 0 Å². The maximum Gasteiger partial charge on any atom is 0.303 e. The van der Waals surface area contributed by atoms with Gasteiger partial charge in [-0.3, -0.25) is 9.59 Å². The summed E-state index contributed by atoms with van der Waals surface area (Å²) < 4.78 is 0. The van der Waals surface area contributed by atoms with Crippen molar-refractivity contribution in [2.24, 2.45) is 0 Å². The molecule has 0 spiro atoms. The lowest BCUT2D eigenvalue weighted by Crippen LogP contribution is -1.93. The molecule has 0 amide bonds. The molecule has 0 atom stereocenters. The van der Waals surface area contributed by atoms with Crippen molar-refractivity contribution in [2.45, 2.75) is 247 Å². The van der Waals surface area contributed by atoms with E-state index in [0.29, 0.717) is 12.8 Å². The predicted octanol–water partition coefficient (Wildman–Crippen LogP) is 14.7. The Morgan fingerprint density at radius 1 is 0.273 bits per heavy atom. The van der Waals surface area contributed by atoms with Gasteiger partial charge in [0, 0.05) is 12.8 Å². The van der Waals surface area contributed by atoms with Crippen LogP contribution in [0.3, 0.4) is 0 Å². The second kappa shape index (κ2) is 51.5. The second-order valence-electron chi connectivity index (χ2n) is 12.8. The third-order valence-corrected chi connectivity index (χ3v) is 7.90. The molecule has 4 heteroatoms. The molecule has 0 aliphatic heterocycles. The summed E-state index contributed by atoms with van der Waals surface area (Å²) in [7, 11) is 0. The molecule has 0 rings (SSSR count). The van der Waals surface area contributed by atoms with E-state index in [1.165, 1.54) is 167 Å². The molecule has 0 saturated heterocycles. The van der Waals surface area contributed by atoms with Crippen molar-refractivity contribution in [3.63, 3.8) is 0 Å². The third-order valence-electron chi connectivity index (χ3n) is 7.90. The SMILES string of the molecule is CCCCCCCC.CCCCCCCC.CCCCCCCCCCCC(=O)O.CCCCCCCCCCCC(=O)O. The van der Waals surface area contributed by atoms with E-state index in [9.17, 15) is 9.59 Å². The fourth-order valence-electron chi connectivity index (χ4n) is 4.88. The van der Waals surface area contributed by atoms with Gasteiger partial charge in [-0.15, -0.1) is 0 Å². The topological polar surface area (TPSA) is 74.6 Å². The molecule has 268 valence electrons. The first-order valence-corrected chi connectivity index (χ1v) is 19.8. The molecular weight excluding hydrogens is 544 g/mol. The van der Waals surface area contributed by atoms with Crippen molar-refractivity contribution in [3.8, 4) is 0 Å². The zero-order chi connectivity index (χ0) is 33.8. The minimum atomic E-state index is -0.659. The molecule has 4 nitrogen and oxygen atoms in total. The Hall–Kier alpha value is -1.06. The van der Waals surface area contributed by atoms with E-state index in [-0.39, 0.29) is 0 Å². The first kappa shape index (κ1) is 49.8. The standard InChI is InChI=1S/2C12H24O2.2C8H18/c2*1-2-3-4-5-6-7-8-9-10-11-12(13)14;2*1-3-5-7-8-6-4-2/h2*2-11H2,1H3,(H,13,14);2*3-8H2,1-2H3. The Kier molecular flexibility index (Phi) is 58.3. The summed E-state index contributed by atoms with van der Waals surface area (Å²) in [5.74, 6) is -1.32. The minimum Gasteiger partial charge on any atom is -0.481 e. The summed E-state index contributed by atoms with van der Waals surface area (Å²) in [5.41, 5.74) is 0. The number of hydrogen-bond donors (Lipinski definition) is 2. The quantitative estimate of drug-likeness (QED) is 0.0776. The number of aliphatic carboxylic acids is 2. The van der Waals surface area contributed by atoms with Gasteiger partial charge in [0.05, 0.1) is 0 Å². The fourth-order valence-corrected chi connectivity index (χ4v) is 4.88. The fraction of sp³-hybridized carbons (Fsp3) is 0.950. The van der Waals surface area contributed by atoms with Gasteiger partial charge in [-0.05, 0) is 12.8 Å². The molecule has 0 aliphatic rings. The highest BCUT2D eigenvalue weighted by molar-refractivity contribution is 5.66. The van der Waals surface area contributed by atoms with Crippen LogP contribution in [0.2, 0.25) is 0 Å². The molecule has 44 heavy (non-hydrogen) atoms. The highest BCUT2D eigenvalue weighted by Gasteiger charge is 1.97. The van der Waals surface area contributed by atoms with Crippen LogP contribution in [0.4, 0.5) is 0 Å². The van der Waals surface area contributed by atoms with Crippen molar-refractivity contribution in [1.29, 1.82) is 0 Å². The van der Waals surface area contributed by atoms with Crippen LogP contribution >= 0.6 is 0 Å². The largest absolute Gasteiger partial charge is 0.481 e. The predicted molar refractivity (Wildman–Crippen MR) is 197 cm³/mol. The van der Waals surface area contributed by atoms with Gasteiger partial charge in [0.1, 0.15) is 0 Å². The van der Waals surface area contributed by atoms with Crippen molar-refractivity contribution >= 4 is 11.9 Å². The van der Waals surface area contributed by atoms with Gasteiger partial charge < -0.3 is 10.2 Å². The number of unbranched alkanes of at least 4 members (excludes halogenated alkanes) is 26. The van der Waals surface area contributed by atoms with E-state index >= 15 is 0 Å². The van der Waals surface area contributed by atoms with Gasteiger partial charge in [-0.25, -0.2) is 0 Å². The van der Waals surface area contributed by atoms with Gasteiger partial charge in [-0.2, -0.15) is 0 Å². The first-order chi connectivity index (χ1) is 21.4. The van der Waals surface area contributed by atoms with Crippen LogP contribution in [-0.2, 0) is 9.59 Å². The van der Waals surface area contributed by atoms with Crippen LogP contribution in [0.5, 0.6) is 0 Å². The van der Waals surface area contributed by atoms with Crippen molar-refractivity contribution in [3.05, 3.63) is 0 Å². The molecule has 0 aliphatic carbocycles. The van der Waals surface area contributed by atoms with Gasteiger partial charge >= 0.3 is 11.9 Å². The van der Waals surface area contributed by atoms with E-state index in [1.807, 2.05) is 0 Å². The Bertz CT molecular complexity index is 436. The van der Waals surface area contributed by atoms with E-state index in [0.717, 1.165) is 25.7 Å². The molecule has 0 radical (unpaired) electrons. The molecule has 0 aromatic rings. The van der Waals surface area contributed by atoms with Gasteiger partial charge in [0.25, 0.3) is 0 Å². The summed E-state index contributed by atoms with van der Waals surface area (Å²) >= 11 is 0. The van der Waals surface area contributed by atoms with E-state index in [1.54, 1.807) is 0 Å². The average molecular weight is 629 g/mol. The van der Waals surface area contributed by atoms with E-state index < -0.39 is 11.9 Å². The normalized spacial score (nSPS) is 10.1. The Balaban J connectivity index is -0.000000251. The van der Waals surface area contributed by atoms with E-state index in [2.05, 4.69) is 41.5 Å². The zero-order valence-corrected chi connectivity index (χ0v) is 31.3. The lowest BCUT2D eigenvalue weighted by molar-refractivity contribution is -0.138. The Morgan fingerprint density at radius 3 is 0.545 bits per heavy atom. The Labute approximate surface area is 278 Å². The number of rotatable bonds is 30. The average Bonchev–Trinajstić information content (AvgIpc) is 3.01. The number of carboxylic acid groups (broad SMARTS) is 2. The molecule has 0 heterocycles. The molecule has 0 bridgehead atoms. The van der Waals surface area contributed by atoms with Gasteiger partial charge in [-0.1, -0.05) is 221 Å². The number of carbonyl (C=O) groups is 2. The van der Waals surface area contributed by atoms with Gasteiger partial charge in [0.2, 0.25) is 0 Å². The lowest BCUT2D eigenvalue weighted by atomic mass is 10.1. The van der Waals surface area contributed by atoms with Crippen LogP contribution in [0.15, 0.2) is 0 Å². The summed E-state index contributed by atoms with van der Waals surface area (Å²) in [6.45, 7) is 13.5. The second-order valence-corrected chi connectivity index (χ2v) is 12.8. The summed E-state index contributed by atoms with van der Waals surface area (Å²) in [5, 5.41) is 16.8. The van der Waals surface area contributed by atoms with Crippen LogP contribution in [0.1, 0.15) is 247 Å². The van der Waals surface area contributed by atoms with Crippen molar-refractivity contribution in [2.75, 3.05) is 0 Å². The first-order valence-electron chi connectivity index (χ1n) is 19.8. The highest BCUT2D eigenvalue weighted by Crippen LogP contribution is 2.11. The van der Waals surface area contributed by atoms with E-state index in [4.69, 9.17) is 10.2 Å². The number of carboxylic acids is 2. The molecule has 0 aromatic heterocycles. The molecular formula is C40H84O4. The summed E-state index contributed by atoms with van der Waals surface area (Å²) in [4.78, 5) is 20.4. The van der Waals surface area contributed by atoms with Crippen LogP contribution in [-0.4, -0.2) is 22.2 Å². The molecule has 0 saturated carbocycles. The van der Waals surface area contributed by atoms with Crippen LogP contribution in [0, 0.1) is 0 Å². The monoisotopic (exact) mass is 629 g/mol. The maximum absolute atomic E-state index is 10.2. The smallest absolute Gasteiger partial charge is 0.303 e. The highest BCUT2D eigenvalue weighted by atomic mass is 16.4. The molecule has 0 aromatic carbocycles.